The monoisotopic (exact) mass is 409 g/mol. The maximum atomic E-state index is 12.5. The van der Waals surface area contributed by atoms with Crippen molar-refractivity contribution in [2.75, 3.05) is 25.3 Å². The Bertz CT molecular complexity index is 1080. The third kappa shape index (κ3) is 3.35. The minimum absolute atomic E-state index is 0.0460. The molecule has 6 nitrogen and oxygen atoms in total. The van der Waals surface area contributed by atoms with E-state index in [1.807, 2.05) is 61.0 Å². The number of ether oxygens (including phenoxy) is 2. The van der Waals surface area contributed by atoms with Gasteiger partial charge in [0.25, 0.3) is 0 Å². The van der Waals surface area contributed by atoms with Crippen LogP contribution in [0.25, 0.3) is 5.69 Å². The molecule has 29 heavy (non-hydrogen) atoms. The number of aromatic nitrogens is 2. The molecule has 2 aromatic carbocycles. The molecule has 0 saturated heterocycles. The van der Waals surface area contributed by atoms with E-state index < -0.39 is 0 Å². The van der Waals surface area contributed by atoms with Gasteiger partial charge in [-0.1, -0.05) is 30.3 Å². The number of nitrogens with zero attached hydrogens (tertiary/aromatic N) is 2. The standard InChI is InChI=1S/C22H23N3O3S/c1-13-8-5-6-10-16(13)25-22-19(14(2)24-25)21(29-12-18(26)23-22)15-9-7-11-17(27-3)20(15)28-4/h5-11,21H,12H2,1-4H3,(H,23,26)/t21-/m0/s1. The summed E-state index contributed by atoms with van der Waals surface area (Å²) in [6.45, 7) is 4.01. The van der Waals surface area contributed by atoms with E-state index in [-0.39, 0.29) is 11.2 Å². The SMILES string of the molecule is COc1cccc([C@@H]2SCC(=O)Nc3c2c(C)nn3-c2ccccc2C)c1OC. The van der Waals surface area contributed by atoms with Crippen LogP contribution in [0.2, 0.25) is 0 Å². The highest BCUT2D eigenvalue weighted by Crippen LogP contribution is 2.48. The van der Waals surface area contributed by atoms with Gasteiger partial charge in [0.05, 0.1) is 36.6 Å². The minimum atomic E-state index is -0.119. The zero-order chi connectivity index (χ0) is 20.5. The Morgan fingerprint density at radius 2 is 1.90 bits per heavy atom. The second-order valence-electron chi connectivity index (χ2n) is 6.87. The Hall–Kier alpha value is -2.93. The van der Waals surface area contributed by atoms with Crippen LogP contribution in [0, 0.1) is 13.8 Å². The van der Waals surface area contributed by atoms with Crippen molar-refractivity contribution in [2.45, 2.75) is 19.1 Å². The molecule has 1 amide bonds. The van der Waals surface area contributed by atoms with Gasteiger partial charge in [-0.25, -0.2) is 4.68 Å². The molecule has 2 heterocycles. The molecule has 0 unspecified atom stereocenters. The number of thioether (sulfide) groups is 1. The molecular formula is C22H23N3O3S. The largest absolute Gasteiger partial charge is 0.493 e. The van der Waals surface area contributed by atoms with Crippen LogP contribution < -0.4 is 14.8 Å². The number of rotatable bonds is 4. The topological polar surface area (TPSA) is 65.4 Å². The van der Waals surface area contributed by atoms with Crippen LogP contribution in [-0.2, 0) is 4.79 Å². The van der Waals surface area contributed by atoms with Crippen LogP contribution in [0.4, 0.5) is 5.82 Å². The first kappa shape index (κ1) is 19.4. The number of benzene rings is 2. The van der Waals surface area contributed by atoms with Gasteiger partial charge in [0.2, 0.25) is 5.91 Å². The first-order valence-corrected chi connectivity index (χ1v) is 10.4. The van der Waals surface area contributed by atoms with Crippen molar-refractivity contribution in [2.24, 2.45) is 0 Å². The molecule has 0 saturated carbocycles. The maximum absolute atomic E-state index is 12.5. The molecule has 0 bridgehead atoms. The van der Waals surface area contributed by atoms with Crippen molar-refractivity contribution in [3.63, 3.8) is 0 Å². The predicted molar refractivity (Wildman–Crippen MR) is 116 cm³/mol. The molecule has 1 aromatic heterocycles. The van der Waals surface area contributed by atoms with Crippen molar-refractivity contribution in [3.8, 4) is 17.2 Å². The molecule has 1 atom stereocenters. The summed E-state index contributed by atoms with van der Waals surface area (Å²) in [5.74, 6) is 2.35. The molecular weight excluding hydrogens is 386 g/mol. The smallest absolute Gasteiger partial charge is 0.235 e. The Kier molecular flexibility index (Phi) is 5.24. The molecule has 3 aromatic rings. The van der Waals surface area contributed by atoms with E-state index in [4.69, 9.17) is 14.6 Å². The predicted octanol–water partition coefficient (Wildman–Crippen LogP) is 4.28. The summed E-state index contributed by atoms with van der Waals surface area (Å²) in [7, 11) is 3.26. The minimum Gasteiger partial charge on any atom is -0.493 e. The molecule has 0 radical (unpaired) electrons. The van der Waals surface area contributed by atoms with Gasteiger partial charge in [0.1, 0.15) is 5.82 Å². The number of aryl methyl sites for hydroxylation is 2. The highest BCUT2D eigenvalue weighted by atomic mass is 32.2. The Morgan fingerprint density at radius 3 is 2.62 bits per heavy atom. The second-order valence-corrected chi connectivity index (χ2v) is 7.96. The van der Waals surface area contributed by atoms with Crippen LogP contribution in [0.3, 0.4) is 0 Å². The molecule has 0 aliphatic carbocycles. The van der Waals surface area contributed by atoms with E-state index in [9.17, 15) is 4.79 Å². The molecule has 1 N–H and O–H groups in total. The van der Waals surface area contributed by atoms with E-state index >= 15 is 0 Å². The molecule has 1 aliphatic heterocycles. The lowest BCUT2D eigenvalue weighted by Crippen LogP contribution is -2.16. The van der Waals surface area contributed by atoms with Crippen molar-refractivity contribution in [3.05, 3.63) is 64.8 Å². The average molecular weight is 410 g/mol. The average Bonchev–Trinajstić information content (AvgIpc) is 2.92. The molecule has 150 valence electrons. The van der Waals surface area contributed by atoms with Crippen LogP contribution in [0.15, 0.2) is 42.5 Å². The van der Waals surface area contributed by atoms with Gasteiger partial charge in [0.15, 0.2) is 11.5 Å². The fourth-order valence-corrected chi connectivity index (χ4v) is 4.93. The molecule has 0 fully saturated rings. The summed E-state index contributed by atoms with van der Waals surface area (Å²) in [5.41, 5.74) is 4.84. The summed E-state index contributed by atoms with van der Waals surface area (Å²) < 4.78 is 13.0. The van der Waals surface area contributed by atoms with Gasteiger partial charge in [-0.3, -0.25) is 4.79 Å². The highest BCUT2D eigenvalue weighted by Gasteiger charge is 2.33. The van der Waals surface area contributed by atoms with Crippen LogP contribution >= 0.6 is 11.8 Å². The number of carbonyl (C=O) groups excluding carboxylic acids is 1. The second kappa shape index (κ2) is 7.83. The first-order valence-electron chi connectivity index (χ1n) is 9.33. The van der Waals surface area contributed by atoms with E-state index in [2.05, 4.69) is 5.32 Å². The summed E-state index contributed by atoms with van der Waals surface area (Å²) in [4.78, 5) is 12.5. The zero-order valence-corrected chi connectivity index (χ0v) is 17.7. The van der Waals surface area contributed by atoms with Crippen molar-refractivity contribution in [1.29, 1.82) is 0 Å². The van der Waals surface area contributed by atoms with Gasteiger partial charge in [-0.2, -0.15) is 5.10 Å². The number of amides is 1. The molecule has 7 heteroatoms. The summed E-state index contributed by atoms with van der Waals surface area (Å²) in [6.07, 6.45) is 0. The number of para-hydroxylation sites is 2. The summed E-state index contributed by atoms with van der Waals surface area (Å²) in [6, 6.07) is 13.8. The normalized spacial score (nSPS) is 16.0. The van der Waals surface area contributed by atoms with E-state index in [1.54, 1.807) is 26.0 Å². The lowest BCUT2D eigenvalue weighted by molar-refractivity contribution is -0.113. The number of carbonyl (C=O) groups is 1. The van der Waals surface area contributed by atoms with Gasteiger partial charge >= 0.3 is 0 Å². The highest BCUT2D eigenvalue weighted by molar-refractivity contribution is 8.00. The Balaban J connectivity index is 1.94. The summed E-state index contributed by atoms with van der Waals surface area (Å²) in [5, 5.41) is 7.74. The van der Waals surface area contributed by atoms with Crippen molar-refractivity contribution in [1.82, 2.24) is 9.78 Å². The summed E-state index contributed by atoms with van der Waals surface area (Å²) >= 11 is 1.56. The molecule has 1 aliphatic rings. The fourth-order valence-electron chi connectivity index (χ4n) is 3.72. The first-order chi connectivity index (χ1) is 14.0. The van der Waals surface area contributed by atoms with Gasteiger partial charge in [0, 0.05) is 11.1 Å². The van der Waals surface area contributed by atoms with Crippen molar-refractivity contribution < 1.29 is 14.3 Å². The molecule has 0 spiro atoms. The zero-order valence-electron chi connectivity index (χ0n) is 16.9. The maximum Gasteiger partial charge on any atom is 0.235 e. The third-order valence-corrected chi connectivity index (χ3v) is 6.32. The number of hydrogen-bond acceptors (Lipinski definition) is 5. The Labute approximate surface area is 174 Å². The number of nitrogens with one attached hydrogen (secondary N) is 1. The number of fused-ring (bicyclic) bond motifs is 1. The van der Waals surface area contributed by atoms with Crippen molar-refractivity contribution >= 4 is 23.5 Å². The molecule has 4 rings (SSSR count). The lowest BCUT2D eigenvalue weighted by Gasteiger charge is -2.20. The van der Waals surface area contributed by atoms with Gasteiger partial charge < -0.3 is 14.8 Å². The van der Waals surface area contributed by atoms with E-state index in [1.165, 1.54) is 0 Å². The van der Waals surface area contributed by atoms with Gasteiger partial charge in [-0.05, 0) is 31.5 Å². The number of hydrogen-bond donors (Lipinski definition) is 1. The quantitative estimate of drug-likeness (QED) is 0.697. The van der Waals surface area contributed by atoms with Gasteiger partial charge in [-0.15, -0.1) is 11.8 Å². The number of methoxy groups -OCH3 is 2. The number of anilines is 1. The van der Waals surface area contributed by atoms with Crippen LogP contribution in [0.1, 0.15) is 27.6 Å². The fraction of sp³-hybridized carbons (Fsp3) is 0.273. The van der Waals surface area contributed by atoms with E-state index in [0.717, 1.165) is 28.1 Å². The van der Waals surface area contributed by atoms with E-state index in [0.29, 0.717) is 23.1 Å². The third-order valence-electron chi connectivity index (χ3n) is 5.07. The van der Waals surface area contributed by atoms with Crippen LogP contribution in [-0.4, -0.2) is 35.7 Å². The van der Waals surface area contributed by atoms with Crippen LogP contribution in [0.5, 0.6) is 11.5 Å². The Morgan fingerprint density at radius 1 is 1.10 bits per heavy atom. The lowest BCUT2D eigenvalue weighted by atomic mass is 10.0.